The van der Waals surface area contributed by atoms with Crippen molar-refractivity contribution in [1.82, 2.24) is 9.97 Å². The van der Waals surface area contributed by atoms with Crippen LogP contribution in [0.4, 0.5) is 5.95 Å². The van der Waals surface area contributed by atoms with Gasteiger partial charge in [-0.15, -0.1) is 0 Å². The molecule has 1 N–H and O–H groups in total. The van der Waals surface area contributed by atoms with Crippen LogP contribution in [0.25, 0.3) is 0 Å². The summed E-state index contributed by atoms with van der Waals surface area (Å²) in [5.74, 6) is 0.684. The smallest absolute Gasteiger partial charge is 0.223 e. The lowest BCUT2D eigenvalue weighted by molar-refractivity contribution is 0.346. The minimum Gasteiger partial charge on any atom is -0.347 e. The fourth-order valence-corrected chi connectivity index (χ4v) is 2.09. The van der Waals surface area contributed by atoms with Crippen LogP contribution in [-0.2, 0) is 0 Å². The van der Waals surface area contributed by atoms with Gasteiger partial charge in [-0.05, 0) is 24.0 Å². The number of aromatic nitrogens is 2. The highest BCUT2D eigenvalue weighted by atomic mass is 15.1. The predicted molar refractivity (Wildman–Crippen MR) is 79.0 cm³/mol. The molecule has 1 unspecified atom stereocenters. The van der Waals surface area contributed by atoms with Crippen LogP contribution in [0.3, 0.4) is 0 Å². The van der Waals surface area contributed by atoms with Crippen LogP contribution in [0.1, 0.15) is 38.1 Å². The van der Waals surface area contributed by atoms with Crippen LogP contribution in [0.15, 0.2) is 42.6 Å². The Kier molecular flexibility index (Phi) is 3.84. The average molecular weight is 255 g/mol. The number of hydrogen-bond donors (Lipinski definition) is 1. The first-order valence-corrected chi connectivity index (χ1v) is 6.58. The summed E-state index contributed by atoms with van der Waals surface area (Å²) in [5, 5.41) is 3.45. The van der Waals surface area contributed by atoms with Gasteiger partial charge >= 0.3 is 0 Å². The molecule has 0 aliphatic rings. The number of hydrogen-bond acceptors (Lipinski definition) is 3. The molecule has 1 aromatic carbocycles. The summed E-state index contributed by atoms with van der Waals surface area (Å²) in [6.07, 6.45) is 1.79. The van der Waals surface area contributed by atoms with E-state index in [9.17, 15) is 0 Å². The van der Waals surface area contributed by atoms with Crippen molar-refractivity contribution in [3.63, 3.8) is 0 Å². The van der Waals surface area contributed by atoms with E-state index in [-0.39, 0.29) is 11.5 Å². The monoisotopic (exact) mass is 255 g/mol. The lowest BCUT2D eigenvalue weighted by Crippen LogP contribution is -2.26. The molecule has 0 fully saturated rings. The minimum atomic E-state index is 0.0778. The Labute approximate surface area is 115 Å². The van der Waals surface area contributed by atoms with Crippen LogP contribution >= 0.6 is 0 Å². The topological polar surface area (TPSA) is 37.8 Å². The van der Waals surface area contributed by atoms with E-state index in [1.807, 2.05) is 19.1 Å². The highest BCUT2D eigenvalue weighted by molar-refractivity contribution is 5.33. The van der Waals surface area contributed by atoms with Crippen molar-refractivity contribution in [2.24, 2.45) is 5.41 Å². The zero-order valence-corrected chi connectivity index (χ0v) is 12.0. The van der Waals surface area contributed by atoms with Gasteiger partial charge in [-0.25, -0.2) is 9.97 Å². The van der Waals surface area contributed by atoms with Crippen molar-refractivity contribution in [3.8, 4) is 0 Å². The second kappa shape index (κ2) is 5.39. The van der Waals surface area contributed by atoms with Gasteiger partial charge in [0, 0.05) is 11.9 Å². The Morgan fingerprint density at radius 3 is 2.32 bits per heavy atom. The second-order valence-electron chi connectivity index (χ2n) is 5.88. The quantitative estimate of drug-likeness (QED) is 0.901. The summed E-state index contributed by atoms with van der Waals surface area (Å²) in [6.45, 7) is 8.62. The van der Waals surface area contributed by atoms with Gasteiger partial charge in [0.25, 0.3) is 0 Å². The number of nitrogens with one attached hydrogen (secondary N) is 1. The van der Waals surface area contributed by atoms with Gasteiger partial charge in [-0.1, -0.05) is 51.1 Å². The van der Waals surface area contributed by atoms with Crippen LogP contribution in [0.5, 0.6) is 0 Å². The highest BCUT2D eigenvalue weighted by Crippen LogP contribution is 2.34. The van der Waals surface area contributed by atoms with E-state index in [2.05, 4.69) is 60.3 Å². The molecule has 3 heteroatoms. The Morgan fingerprint density at radius 1 is 1.05 bits per heavy atom. The molecule has 2 rings (SSSR count). The molecule has 0 spiro atoms. The standard InChI is InChI=1S/C16H21N3/c1-12-10-11-17-15(18-12)19-14(16(2,3)4)13-8-6-5-7-9-13/h5-11,14H,1-4H3,(H,17,18,19). The fourth-order valence-electron chi connectivity index (χ4n) is 2.09. The number of nitrogens with zero attached hydrogens (tertiary/aromatic N) is 2. The molecule has 3 nitrogen and oxygen atoms in total. The number of benzene rings is 1. The third-order valence-corrected chi connectivity index (χ3v) is 3.07. The van der Waals surface area contributed by atoms with Gasteiger partial charge < -0.3 is 5.32 Å². The second-order valence-corrected chi connectivity index (χ2v) is 5.88. The largest absolute Gasteiger partial charge is 0.347 e. The van der Waals surface area contributed by atoms with Gasteiger partial charge in [0.15, 0.2) is 0 Å². The van der Waals surface area contributed by atoms with Gasteiger partial charge in [0.1, 0.15) is 0 Å². The third-order valence-electron chi connectivity index (χ3n) is 3.07. The SMILES string of the molecule is Cc1ccnc(NC(c2ccccc2)C(C)(C)C)n1. The molecule has 1 aromatic heterocycles. The van der Waals surface area contributed by atoms with Crippen LogP contribution in [0.2, 0.25) is 0 Å². The zero-order valence-electron chi connectivity index (χ0n) is 12.0. The highest BCUT2D eigenvalue weighted by Gasteiger charge is 2.26. The third kappa shape index (κ3) is 3.53. The Morgan fingerprint density at radius 2 is 1.74 bits per heavy atom. The van der Waals surface area contributed by atoms with E-state index in [0.29, 0.717) is 5.95 Å². The molecule has 0 aliphatic carbocycles. The molecule has 19 heavy (non-hydrogen) atoms. The molecule has 0 saturated heterocycles. The Hall–Kier alpha value is -1.90. The van der Waals surface area contributed by atoms with E-state index in [4.69, 9.17) is 0 Å². The zero-order chi connectivity index (χ0) is 13.9. The molecule has 0 aliphatic heterocycles. The molecule has 100 valence electrons. The van der Waals surface area contributed by atoms with Crippen molar-refractivity contribution in [1.29, 1.82) is 0 Å². The van der Waals surface area contributed by atoms with Crippen molar-refractivity contribution in [2.45, 2.75) is 33.7 Å². The van der Waals surface area contributed by atoms with Gasteiger partial charge in [-0.3, -0.25) is 0 Å². The van der Waals surface area contributed by atoms with Crippen molar-refractivity contribution < 1.29 is 0 Å². The number of aryl methyl sites for hydroxylation is 1. The Balaban J connectivity index is 2.30. The first-order chi connectivity index (χ1) is 8.97. The molecular weight excluding hydrogens is 234 g/mol. The molecule has 1 heterocycles. The summed E-state index contributed by atoms with van der Waals surface area (Å²) in [5.41, 5.74) is 2.30. The lowest BCUT2D eigenvalue weighted by atomic mass is 9.82. The molecule has 2 aromatic rings. The summed E-state index contributed by atoms with van der Waals surface area (Å²) < 4.78 is 0. The van der Waals surface area contributed by atoms with Gasteiger partial charge in [0.05, 0.1) is 6.04 Å². The maximum atomic E-state index is 4.43. The molecular formula is C16H21N3. The molecule has 0 amide bonds. The maximum Gasteiger partial charge on any atom is 0.223 e. The summed E-state index contributed by atoms with van der Waals surface area (Å²) in [7, 11) is 0. The fraction of sp³-hybridized carbons (Fsp3) is 0.375. The molecule has 0 radical (unpaired) electrons. The van der Waals surface area contributed by atoms with E-state index in [1.54, 1.807) is 6.20 Å². The van der Waals surface area contributed by atoms with Crippen LogP contribution in [0, 0.1) is 12.3 Å². The van der Waals surface area contributed by atoms with E-state index < -0.39 is 0 Å². The summed E-state index contributed by atoms with van der Waals surface area (Å²) >= 11 is 0. The average Bonchev–Trinajstić information content (AvgIpc) is 2.36. The first-order valence-electron chi connectivity index (χ1n) is 6.58. The Bertz CT molecular complexity index is 529. The van der Waals surface area contributed by atoms with Crippen LogP contribution in [-0.4, -0.2) is 9.97 Å². The first kappa shape index (κ1) is 13.5. The van der Waals surface area contributed by atoms with E-state index >= 15 is 0 Å². The van der Waals surface area contributed by atoms with Gasteiger partial charge in [0.2, 0.25) is 5.95 Å². The van der Waals surface area contributed by atoms with Crippen molar-refractivity contribution >= 4 is 5.95 Å². The van der Waals surface area contributed by atoms with Crippen molar-refractivity contribution in [3.05, 3.63) is 53.9 Å². The molecule has 0 saturated carbocycles. The maximum absolute atomic E-state index is 4.43. The number of rotatable bonds is 3. The minimum absolute atomic E-state index is 0.0778. The number of anilines is 1. The van der Waals surface area contributed by atoms with Crippen LogP contribution < -0.4 is 5.32 Å². The normalized spacial score (nSPS) is 13.1. The summed E-state index contributed by atoms with van der Waals surface area (Å²) in [4.78, 5) is 8.73. The van der Waals surface area contributed by atoms with E-state index in [0.717, 1.165) is 5.69 Å². The summed E-state index contributed by atoms with van der Waals surface area (Å²) in [6, 6.07) is 12.5. The van der Waals surface area contributed by atoms with E-state index in [1.165, 1.54) is 5.56 Å². The lowest BCUT2D eigenvalue weighted by Gasteiger charge is -2.32. The predicted octanol–water partition coefficient (Wildman–Crippen LogP) is 3.98. The molecule has 0 bridgehead atoms. The van der Waals surface area contributed by atoms with Gasteiger partial charge in [-0.2, -0.15) is 0 Å². The van der Waals surface area contributed by atoms with Crippen molar-refractivity contribution in [2.75, 3.05) is 5.32 Å². The molecule has 1 atom stereocenters.